The second kappa shape index (κ2) is 3.61. The molecule has 0 N–H and O–H groups in total. The van der Waals surface area contributed by atoms with E-state index in [4.69, 9.17) is 4.74 Å². The third-order valence-electron chi connectivity index (χ3n) is 4.05. The van der Waals surface area contributed by atoms with Gasteiger partial charge in [-0.2, -0.15) is 0 Å². The third kappa shape index (κ3) is 1.76. The highest BCUT2D eigenvalue weighted by Crippen LogP contribution is 2.47. The van der Waals surface area contributed by atoms with Crippen molar-refractivity contribution in [3.8, 4) is 0 Å². The number of hydrogen-bond donors (Lipinski definition) is 0. The van der Waals surface area contributed by atoms with Gasteiger partial charge in [0.25, 0.3) is 0 Å². The van der Waals surface area contributed by atoms with Gasteiger partial charge in [0.05, 0.1) is 12.2 Å². The van der Waals surface area contributed by atoms with Gasteiger partial charge in [0.2, 0.25) is 0 Å². The Kier molecular flexibility index (Phi) is 2.64. The minimum atomic E-state index is 0.368. The van der Waals surface area contributed by atoms with Crippen molar-refractivity contribution in [3.63, 3.8) is 0 Å². The number of hydrogen-bond acceptors (Lipinski definition) is 1. The van der Waals surface area contributed by atoms with Gasteiger partial charge in [-0.15, -0.1) is 0 Å². The third-order valence-corrected chi connectivity index (χ3v) is 4.05. The van der Waals surface area contributed by atoms with Gasteiger partial charge in [0, 0.05) is 0 Å². The second-order valence-corrected chi connectivity index (χ2v) is 5.08. The Bertz CT molecular complexity index is 172. The molecular weight excluding hydrogens is 160 g/mol. The van der Waals surface area contributed by atoms with Crippen LogP contribution in [0.2, 0.25) is 0 Å². The first-order valence-electron chi connectivity index (χ1n) is 5.90. The van der Waals surface area contributed by atoms with E-state index in [1.54, 1.807) is 0 Å². The number of rotatable bonds is 3. The molecular formula is C12H22O. The lowest BCUT2D eigenvalue weighted by Crippen LogP contribution is -2.36. The maximum atomic E-state index is 5.96. The van der Waals surface area contributed by atoms with Gasteiger partial charge < -0.3 is 4.74 Å². The molecule has 1 saturated heterocycles. The van der Waals surface area contributed by atoms with E-state index in [2.05, 4.69) is 13.8 Å². The van der Waals surface area contributed by atoms with Crippen molar-refractivity contribution in [3.05, 3.63) is 0 Å². The summed E-state index contributed by atoms with van der Waals surface area (Å²) in [5.41, 5.74) is 0.368. The first-order valence-corrected chi connectivity index (χ1v) is 5.90. The monoisotopic (exact) mass is 182 g/mol. The van der Waals surface area contributed by atoms with E-state index in [1.807, 2.05) is 0 Å². The minimum Gasteiger partial charge on any atom is -0.375 e. The molecule has 1 spiro atoms. The van der Waals surface area contributed by atoms with Crippen LogP contribution in [-0.2, 0) is 4.74 Å². The van der Waals surface area contributed by atoms with Crippen molar-refractivity contribution in [2.24, 2.45) is 11.8 Å². The van der Waals surface area contributed by atoms with Crippen LogP contribution in [0.5, 0.6) is 0 Å². The molecule has 2 unspecified atom stereocenters. The second-order valence-electron chi connectivity index (χ2n) is 5.08. The van der Waals surface area contributed by atoms with E-state index in [1.165, 1.54) is 38.5 Å². The van der Waals surface area contributed by atoms with Crippen LogP contribution in [0, 0.1) is 11.8 Å². The first kappa shape index (κ1) is 9.51. The summed E-state index contributed by atoms with van der Waals surface area (Å²) in [5, 5.41) is 0. The first-order chi connectivity index (χ1) is 6.26. The molecule has 0 aromatic heterocycles. The standard InChI is InChI=1S/C12H22O/c1-3-5-10(2)11-8-12(13-9-11)6-4-7-12/h10-11H,3-9H2,1-2H3. The van der Waals surface area contributed by atoms with Gasteiger partial charge in [0.1, 0.15) is 0 Å². The Morgan fingerprint density at radius 2 is 2.23 bits per heavy atom. The summed E-state index contributed by atoms with van der Waals surface area (Å²) < 4.78 is 5.96. The fraction of sp³-hybridized carbons (Fsp3) is 1.00. The van der Waals surface area contributed by atoms with E-state index in [-0.39, 0.29) is 0 Å². The highest BCUT2D eigenvalue weighted by Gasteiger charge is 2.45. The van der Waals surface area contributed by atoms with E-state index in [0.29, 0.717) is 5.60 Å². The molecule has 2 aliphatic rings. The van der Waals surface area contributed by atoms with Crippen LogP contribution >= 0.6 is 0 Å². The lowest BCUT2D eigenvalue weighted by Gasteiger charge is -2.37. The van der Waals surface area contributed by atoms with E-state index in [0.717, 1.165) is 18.4 Å². The van der Waals surface area contributed by atoms with Crippen LogP contribution < -0.4 is 0 Å². The Labute approximate surface area is 81.9 Å². The normalized spacial score (nSPS) is 33.2. The Hall–Kier alpha value is -0.0400. The van der Waals surface area contributed by atoms with Gasteiger partial charge in [-0.1, -0.05) is 26.7 Å². The zero-order chi connectivity index (χ0) is 9.31. The maximum Gasteiger partial charge on any atom is 0.0686 e. The summed E-state index contributed by atoms with van der Waals surface area (Å²) in [5.74, 6) is 1.74. The summed E-state index contributed by atoms with van der Waals surface area (Å²) in [6.45, 7) is 5.72. The van der Waals surface area contributed by atoms with Crippen molar-refractivity contribution >= 4 is 0 Å². The van der Waals surface area contributed by atoms with Crippen LogP contribution in [-0.4, -0.2) is 12.2 Å². The van der Waals surface area contributed by atoms with Gasteiger partial charge in [0.15, 0.2) is 0 Å². The molecule has 0 aromatic rings. The van der Waals surface area contributed by atoms with Crippen molar-refractivity contribution in [2.75, 3.05) is 6.61 Å². The number of ether oxygens (including phenoxy) is 1. The molecule has 2 rings (SSSR count). The summed E-state index contributed by atoms with van der Waals surface area (Å²) in [7, 11) is 0. The zero-order valence-corrected chi connectivity index (χ0v) is 9.01. The molecule has 1 nitrogen and oxygen atoms in total. The molecule has 0 radical (unpaired) electrons. The molecule has 1 heterocycles. The Balaban J connectivity index is 1.83. The summed E-state index contributed by atoms with van der Waals surface area (Å²) in [6, 6.07) is 0. The molecule has 1 aliphatic carbocycles. The average molecular weight is 182 g/mol. The Morgan fingerprint density at radius 3 is 2.69 bits per heavy atom. The summed E-state index contributed by atoms with van der Waals surface area (Å²) in [4.78, 5) is 0. The highest BCUT2D eigenvalue weighted by atomic mass is 16.5. The van der Waals surface area contributed by atoms with Crippen molar-refractivity contribution < 1.29 is 4.74 Å². The van der Waals surface area contributed by atoms with Gasteiger partial charge in [-0.25, -0.2) is 0 Å². The summed E-state index contributed by atoms with van der Waals surface area (Å²) >= 11 is 0. The van der Waals surface area contributed by atoms with Crippen LogP contribution in [0.15, 0.2) is 0 Å². The maximum absolute atomic E-state index is 5.96. The van der Waals surface area contributed by atoms with Crippen molar-refractivity contribution in [2.45, 2.75) is 58.0 Å². The zero-order valence-electron chi connectivity index (χ0n) is 9.01. The molecule has 1 heteroatoms. The molecule has 0 bridgehead atoms. The van der Waals surface area contributed by atoms with Crippen LogP contribution in [0.1, 0.15) is 52.4 Å². The lowest BCUT2D eigenvalue weighted by molar-refractivity contribution is -0.0566. The minimum absolute atomic E-state index is 0.368. The quantitative estimate of drug-likeness (QED) is 0.650. The van der Waals surface area contributed by atoms with Gasteiger partial charge in [-0.3, -0.25) is 0 Å². The predicted octanol–water partition coefficient (Wildman–Crippen LogP) is 3.38. The highest BCUT2D eigenvalue weighted by molar-refractivity contribution is 4.96. The Morgan fingerprint density at radius 1 is 1.46 bits per heavy atom. The van der Waals surface area contributed by atoms with E-state index in [9.17, 15) is 0 Å². The molecule has 13 heavy (non-hydrogen) atoms. The average Bonchev–Trinajstić information content (AvgIpc) is 2.47. The molecule has 0 amide bonds. The molecule has 0 aromatic carbocycles. The van der Waals surface area contributed by atoms with Gasteiger partial charge >= 0.3 is 0 Å². The van der Waals surface area contributed by atoms with Crippen molar-refractivity contribution in [1.82, 2.24) is 0 Å². The smallest absolute Gasteiger partial charge is 0.0686 e. The fourth-order valence-corrected chi connectivity index (χ4v) is 2.86. The van der Waals surface area contributed by atoms with Crippen LogP contribution in [0.25, 0.3) is 0 Å². The van der Waals surface area contributed by atoms with Crippen LogP contribution in [0.4, 0.5) is 0 Å². The van der Waals surface area contributed by atoms with Gasteiger partial charge in [-0.05, 0) is 37.5 Å². The largest absolute Gasteiger partial charge is 0.375 e. The predicted molar refractivity (Wildman–Crippen MR) is 54.7 cm³/mol. The molecule has 1 aliphatic heterocycles. The molecule has 76 valence electrons. The van der Waals surface area contributed by atoms with Crippen molar-refractivity contribution in [1.29, 1.82) is 0 Å². The van der Waals surface area contributed by atoms with Crippen LogP contribution in [0.3, 0.4) is 0 Å². The van der Waals surface area contributed by atoms with E-state index >= 15 is 0 Å². The molecule has 2 fully saturated rings. The van der Waals surface area contributed by atoms with E-state index < -0.39 is 0 Å². The molecule has 2 atom stereocenters. The summed E-state index contributed by atoms with van der Waals surface area (Å²) in [6.07, 6.45) is 8.13. The SMILES string of the molecule is CCCC(C)C1COC2(CCC2)C1. The fourth-order valence-electron chi connectivity index (χ4n) is 2.86. The molecule has 1 saturated carbocycles. The lowest BCUT2D eigenvalue weighted by atomic mass is 9.74. The topological polar surface area (TPSA) is 9.23 Å².